The van der Waals surface area contributed by atoms with Crippen molar-refractivity contribution in [1.29, 1.82) is 0 Å². The summed E-state index contributed by atoms with van der Waals surface area (Å²) in [5, 5.41) is 3.69. The Morgan fingerprint density at radius 1 is 1.05 bits per heavy atom. The number of hydrogen-bond acceptors (Lipinski definition) is 2. The molecule has 0 spiro atoms. The van der Waals surface area contributed by atoms with E-state index in [2.05, 4.69) is 62.5 Å². The molecule has 0 saturated heterocycles. The summed E-state index contributed by atoms with van der Waals surface area (Å²) in [6, 6.07) is 13.9. The predicted molar refractivity (Wildman–Crippen MR) is 89.6 cm³/mol. The molecule has 1 aromatic carbocycles. The number of thiophene rings is 1. The summed E-state index contributed by atoms with van der Waals surface area (Å²) in [4.78, 5) is 2.88. The van der Waals surface area contributed by atoms with Gasteiger partial charge in [0.1, 0.15) is 0 Å². The maximum absolute atomic E-state index is 3.69. The van der Waals surface area contributed by atoms with Crippen LogP contribution in [0.2, 0.25) is 0 Å². The van der Waals surface area contributed by atoms with Gasteiger partial charge in [0.2, 0.25) is 0 Å². The normalized spacial score (nSPS) is 12.6. The van der Waals surface area contributed by atoms with Crippen molar-refractivity contribution < 1.29 is 0 Å². The first kappa shape index (κ1) is 15.3. The fourth-order valence-electron chi connectivity index (χ4n) is 2.37. The Bertz CT molecular complexity index is 512. The molecule has 0 aliphatic carbocycles. The highest BCUT2D eigenvalue weighted by atomic mass is 32.1. The summed E-state index contributed by atoms with van der Waals surface area (Å²) >= 11 is 1.92. The third-order valence-electron chi connectivity index (χ3n) is 3.59. The molecule has 0 radical (unpaired) electrons. The Kier molecular flexibility index (Phi) is 5.81. The SMILES string of the molecule is CCCNC(CCc1ccc(C)cc1)c1ccc(C)s1. The number of benzene rings is 1. The molecule has 2 heteroatoms. The van der Waals surface area contributed by atoms with Crippen LogP contribution in [0.4, 0.5) is 0 Å². The number of hydrogen-bond donors (Lipinski definition) is 1. The van der Waals surface area contributed by atoms with Crippen LogP contribution in [0.5, 0.6) is 0 Å². The van der Waals surface area contributed by atoms with Crippen LogP contribution in [0.3, 0.4) is 0 Å². The lowest BCUT2D eigenvalue weighted by Crippen LogP contribution is -2.21. The lowest BCUT2D eigenvalue weighted by atomic mass is 10.0. The molecular weight excluding hydrogens is 262 g/mol. The van der Waals surface area contributed by atoms with Gasteiger partial charge in [-0.25, -0.2) is 0 Å². The average molecular weight is 287 g/mol. The Balaban J connectivity index is 1.98. The summed E-state index contributed by atoms with van der Waals surface area (Å²) in [5.41, 5.74) is 2.77. The van der Waals surface area contributed by atoms with Crippen LogP contribution < -0.4 is 5.32 Å². The van der Waals surface area contributed by atoms with E-state index in [1.54, 1.807) is 0 Å². The van der Waals surface area contributed by atoms with Crippen LogP contribution in [0.1, 0.15) is 46.7 Å². The lowest BCUT2D eigenvalue weighted by Gasteiger charge is -2.17. The zero-order valence-electron chi connectivity index (χ0n) is 12.8. The minimum atomic E-state index is 0.495. The molecule has 0 aliphatic heterocycles. The molecule has 0 amide bonds. The Labute approximate surface area is 127 Å². The summed E-state index contributed by atoms with van der Waals surface area (Å²) in [6.45, 7) is 7.65. The third kappa shape index (κ3) is 4.46. The highest BCUT2D eigenvalue weighted by molar-refractivity contribution is 7.12. The molecule has 1 heterocycles. The number of rotatable bonds is 7. The number of nitrogens with one attached hydrogen (secondary N) is 1. The van der Waals surface area contributed by atoms with E-state index >= 15 is 0 Å². The fraction of sp³-hybridized carbons (Fsp3) is 0.444. The summed E-state index contributed by atoms with van der Waals surface area (Å²) in [5.74, 6) is 0. The van der Waals surface area contributed by atoms with Crippen LogP contribution in [0.25, 0.3) is 0 Å². The van der Waals surface area contributed by atoms with Gasteiger partial charge >= 0.3 is 0 Å². The highest BCUT2D eigenvalue weighted by Gasteiger charge is 2.12. The van der Waals surface area contributed by atoms with E-state index in [4.69, 9.17) is 0 Å². The van der Waals surface area contributed by atoms with E-state index in [0.29, 0.717) is 6.04 Å². The minimum Gasteiger partial charge on any atom is -0.309 e. The van der Waals surface area contributed by atoms with Crippen LogP contribution >= 0.6 is 11.3 Å². The molecule has 108 valence electrons. The molecular formula is C18H25NS. The van der Waals surface area contributed by atoms with Crippen LogP contribution in [0, 0.1) is 13.8 Å². The minimum absolute atomic E-state index is 0.495. The van der Waals surface area contributed by atoms with E-state index in [-0.39, 0.29) is 0 Å². The fourth-order valence-corrected chi connectivity index (χ4v) is 3.36. The second-order valence-corrected chi connectivity index (χ2v) is 6.80. The topological polar surface area (TPSA) is 12.0 Å². The third-order valence-corrected chi connectivity index (χ3v) is 4.70. The van der Waals surface area contributed by atoms with E-state index < -0.39 is 0 Å². The van der Waals surface area contributed by atoms with Gasteiger partial charge in [-0.2, -0.15) is 0 Å². The molecule has 1 unspecified atom stereocenters. The maximum atomic E-state index is 3.69. The zero-order chi connectivity index (χ0) is 14.4. The molecule has 0 fully saturated rings. The van der Waals surface area contributed by atoms with Gasteiger partial charge in [0.05, 0.1) is 0 Å². The first-order chi connectivity index (χ1) is 9.69. The van der Waals surface area contributed by atoms with Crippen molar-refractivity contribution in [3.63, 3.8) is 0 Å². The molecule has 0 bridgehead atoms. The van der Waals surface area contributed by atoms with Gasteiger partial charge in [-0.15, -0.1) is 11.3 Å². The van der Waals surface area contributed by atoms with E-state index in [9.17, 15) is 0 Å². The average Bonchev–Trinajstić information content (AvgIpc) is 2.87. The predicted octanol–water partition coefficient (Wildman–Crippen LogP) is 5.04. The largest absolute Gasteiger partial charge is 0.309 e. The van der Waals surface area contributed by atoms with Gasteiger partial charge in [0.25, 0.3) is 0 Å². The van der Waals surface area contributed by atoms with E-state index in [0.717, 1.165) is 13.0 Å². The van der Waals surface area contributed by atoms with Crippen molar-refractivity contribution in [2.24, 2.45) is 0 Å². The van der Waals surface area contributed by atoms with Crippen molar-refractivity contribution in [2.45, 2.75) is 46.1 Å². The molecule has 2 rings (SSSR count). The summed E-state index contributed by atoms with van der Waals surface area (Å²) in [7, 11) is 0. The highest BCUT2D eigenvalue weighted by Crippen LogP contribution is 2.26. The van der Waals surface area contributed by atoms with Crippen LogP contribution in [-0.2, 0) is 6.42 Å². The van der Waals surface area contributed by atoms with Crippen molar-refractivity contribution in [1.82, 2.24) is 5.32 Å². The quantitative estimate of drug-likeness (QED) is 0.752. The molecule has 0 saturated carbocycles. The van der Waals surface area contributed by atoms with Gasteiger partial charge in [0.15, 0.2) is 0 Å². The van der Waals surface area contributed by atoms with E-state index in [1.807, 2.05) is 11.3 Å². The van der Waals surface area contributed by atoms with Crippen molar-refractivity contribution >= 4 is 11.3 Å². The standard InChI is InChI=1S/C18H25NS/c1-4-13-19-17(18-12-7-15(3)20-18)11-10-16-8-5-14(2)6-9-16/h5-9,12,17,19H,4,10-11,13H2,1-3H3. The molecule has 20 heavy (non-hydrogen) atoms. The zero-order valence-corrected chi connectivity index (χ0v) is 13.6. The summed E-state index contributed by atoms with van der Waals surface area (Å²) < 4.78 is 0. The maximum Gasteiger partial charge on any atom is 0.0418 e. The summed E-state index contributed by atoms with van der Waals surface area (Å²) in [6.07, 6.45) is 3.49. The number of aryl methyl sites for hydroxylation is 3. The molecule has 2 aromatic rings. The first-order valence-corrected chi connectivity index (χ1v) is 8.36. The first-order valence-electron chi connectivity index (χ1n) is 7.54. The molecule has 0 aliphatic rings. The molecule has 1 N–H and O–H groups in total. The van der Waals surface area contributed by atoms with Crippen molar-refractivity contribution in [3.05, 3.63) is 57.3 Å². The second kappa shape index (κ2) is 7.61. The van der Waals surface area contributed by atoms with Gasteiger partial charge in [-0.1, -0.05) is 36.8 Å². The molecule has 1 aromatic heterocycles. The molecule has 1 atom stereocenters. The van der Waals surface area contributed by atoms with Gasteiger partial charge in [-0.05, 0) is 57.4 Å². The lowest BCUT2D eigenvalue weighted by molar-refractivity contribution is 0.506. The van der Waals surface area contributed by atoms with Crippen LogP contribution in [-0.4, -0.2) is 6.54 Å². The van der Waals surface area contributed by atoms with Gasteiger partial charge < -0.3 is 5.32 Å². The van der Waals surface area contributed by atoms with Crippen molar-refractivity contribution in [2.75, 3.05) is 6.54 Å². The monoisotopic (exact) mass is 287 g/mol. The Morgan fingerprint density at radius 3 is 2.40 bits per heavy atom. The van der Waals surface area contributed by atoms with Crippen molar-refractivity contribution in [3.8, 4) is 0 Å². The van der Waals surface area contributed by atoms with Crippen LogP contribution in [0.15, 0.2) is 36.4 Å². The Hall–Kier alpha value is -1.12. The Morgan fingerprint density at radius 2 is 1.80 bits per heavy atom. The smallest absolute Gasteiger partial charge is 0.0418 e. The second-order valence-electron chi connectivity index (χ2n) is 5.48. The van der Waals surface area contributed by atoms with Gasteiger partial charge in [-0.3, -0.25) is 0 Å². The van der Waals surface area contributed by atoms with E-state index in [1.165, 1.54) is 33.7 Å². The molecule has 1 nitrogen and oxygen atoms in total. The van der Waals surface area contributed by atoms with Gasteiger partial charge in [0, 0.05) is 15.8 Å².